The Labute approximate surface area is 158 Å². The first-order chi connectivity index (χ1) is 12.8. The number of carbonyl (C=O) groups excluding carboxylic acids is 1. The molecular weight excluding hydrogens is 347 g/mol. The van der Waals surface area contributed by atoms with Gasteiger partial charge in [-0.15, -0.1) is 0 Å². The number of piperidine rings is 1. The van der Waals surface area contributed by atoms with Gasteiger partial charge in [0.25, 0.3) is 0 Å². The lowest BCUT2D eigenvalue weighted by atomic mass is 9.94. The minimum atomic E-state index is -0.545. The van der Waals surface area contributed by atoms with E-state index in [-0.39, 0.29) is 12.0 Å². The highest BCUT2D eigenvalue weighted by molar-refractivity contribution is 5.68. The van der Waals surface area contributed by atoms with Crippen LogP contribution in [0.15, 0.2) is 30.6 Å². The second kappa shape index (κ2) is 7.98. The second-order valence-electron chi connectivity index (χ2n) is 7.84. The van der Waals surface area contributed by atoms with Crippen molar-refractivity contribution in [1.29, 1.82) is 0 Å². The molecule has 0 N–H and O–H groups in total. The van der Waals surface area contributed by atoms with Crippen LogP contribution in [0.5, 0.6) is 0 Å². The van der Waals surface area contributed by atoms with Crippen molar-refractivity contribution in [2.75, 3.05) is 13.1 Å². The van der Waals surface area contributed by atoms with Crippen LogP contribution in [0.4, 0.5) is 9.18 Å². The summed E-state index contributed by atoms with van der Waals surface area (Å²) in [5.74, 6) is 0.350. The molecule has 144 valence electrons. The third-order valence-electron chi connectivity index (χ3n) is 4.38. The van der Waals surface area contributed by atoms with Gasteiger partial charge in [0, 0.05) is 31.9 Å². The number of pyridine rings is 1. The Balaban J connectivity index is 1.68. The zero-order chi connectivity index (χ0) is 19.4. The molecule has 2 aromatic heterocycles. The summed E-state index contributed by atoms with van der Waals surface area (Å²) in [6, 6.07) is 5.01. The number of carbonyl (C=O) groups is 1. The largest absolute Gasteiger partial charge is 0.444 e. The highest BCUT2D eigenvalue weighted by Crippen LogP contribution is 2.23. The number of halogens is 1. The lowest BCUT2D eigenvalue weighted by Gasteiger charge is -2.34. The molecule has 1 atom stereocenters. The van der Waals surface area contributed by atoms with Crippen molar-refractivity contribution < 1.29 is 13.9 Å². The summed E-state index contributed by atoms with van der Waals surface area (Å²) in [6.07, 6.45) is 5.32. The van der Waals surface area contributed by atoms with Crippen LogP contribution >= 0.6 is 0 Å². The van der Waals surface area contributed by atoms with Gasteiger partial charge in [0.15, 0.2) is 0 Å². The fourth-order valence-electron chi connectivity index (χ4n) is 3.21. The normalized spacial score (nSPS) is 17.6. The minimum Gasteiger partial charge on any atom is -0.444 e. The van der Waals surface area contributed by atoms with E-state index in [9.17, 15) is 9.18 Å². The zero-order valence-electron chi connectivity index (χ0n) is 16.0. The fourth-order valence-corrected chi connectivity index (χ4v) is 3.21. The number of hydrogen-bond acceptors (Lipinski definition) is 5. The SMILES string of the molecule is CC(C)(C)OC(=O)N1CCCC(Cc2nccc(-c3cccnc3F)n2)C1. The standard InChI is InChI=1S/C20H25FN4O2/c1-20(2,3)27-19(26)25-11-5-6-14(13-25)12-17-22-10-8-16(24-17)15-7-4-9-23-18(15)21/h4,7-10,14H,5-6,11-13H2,1-3H3. The summed E-state index contributed by atoms with van der Waals surface area (Å²) in [5.41, 5.74) is 0.375. The lowest BCUT2D eigenvalue weighted by molar-refractivity contribution is 0.0165. The Morgan fingerprint density at radius 1 is 1.30 bits per heavy atom. The molecule has 1 saturated heterocycles. The van der Waals surface area contributed by atoms with Crippen LogP contribution in [-0.4, -0.2) is 44.6 Å². The molecule has 0 spiro atoms. The number of rotatable bonds is 3. The van der Waals surface area contributed by atoms with Crippen LogP contribution in [0, 0.1) is 11.9 Å². The van der Waals surface area contributed by atoms with Crippen LogP contribution in [-0.2, 0) is 11.2 Å². The van der Waals surface area contributed by atoms with Crippen LogP contribution in [0.3, 0.4) is 0 Å². The molecule has 3 rings (SSSR count). The average Bonchev–Trinajstić information content (AvgIpc) is 2.61. The molecule has 1 amide bonds. The highest BCUT2D eigenvalue weighted by atomic mass is 19.1. The molecule has 1 unspecified atom stereocenters. The number of nitrogens with zero attached hydrogens (tertiary/aromatic N) is 4. The van der Waals surface area contributed by atoms with E-state index in [4.69, 9.17) is 4.74 Å². The van der Waals surface area contributed by atoms with E-state index in [2.05, 4.69) is 15.0 Å². The van der Waals surface area contributed by atoms with Crippen molar-refractivity contribution in [3.63, 3.8) is 0 Å². The van der Waals surface area contributed by atoms with E-state index in [0.29, 0.717) is 36.6 Å². The van der Waals surface area contributed by atoms with Crippen molar-refractivity contribution in [2.24, 2.45) is 5.92 Å². The summed E-state index contributed by atoms with van der Waals surface area (Å²) >= 11 is 0. The number of ether oxygens (including phenoxy) is 1. The summed E-state index contributed by atoms with van der Waals surface area (Å²) in [5, 5.41) is 0. The van der Waals surface area contributed by atoms with E-state index >= 15 is 0 Å². The zero-order valence-corrected chi connectivity index (χ0v) is 16.0. The molecule has 7 heteroatoms. The van der Waals surface area contributed by atoms with Crippen LogP contribution in [0.1, 0.15) is 39.4 Å². The molecule has 0 bridgehead atoms. The first-order valence-corrected chi connectivity index (χ1v) is 9.22. The van der Waals surface area contributed by atoms with Gasteiger partial charge in [-0.25, -0.2) is 19.7 Å². The molecule has 2 aromatic rings. The Bertz CT molecular complexity index is 807. The van der Waals surface area contributed by atoms with Gasteiger partial charge in [-0.1, -0.05) is 0 Å². The van der Waals surface area contributed by atoms with Gasteiger partial charge in [0.2, 0.25) is 5.95 Å². The molecule has 1 fully saturated rings. The van der Waals surface area contributed by atoms with Crippen LogP contribution in [0.25, 0.3) is 11.3 Å². The van der Waals surface area contributed by atoms with E-state index < -0.39 is 11.5 Å². The molecule has 0 aromatic carbocycles. The molecule has 6 nitrogen and oxygen atoms in total. The van der Waals surface area contributed by atoms with E-state index in [1.807, 2.05) is 20.8 Å². The van der Waals surface area contributed by atoms with Crippen LogP contribution < -0.4 is 0 Å². The van der Waals surface area contributed by atoms with Gasteiger partial charge in [-0.05, 0) is 57.7 Å². The first-order valence-electron chi connectivity index (χ1n) is 9.22. The second-order valence-corrected chi connectivity index (χ2v) is 7.84. The predicted molar refractivity (Wildman–Crippen MR) is 99.5 cm³/mol. The Morgan fingerprint density at radius 3 is 2.85 bits per heavy atom. The Hall–Kier alpha value is -2.57. The average molecular weight is 372 g/mol. The highest BCUT2D eigenvalue weighted by Gasteiger charge is 2.28. The molecule has 0 radical (unpaired) electrons. The molecular formula is C20H25FN4O2. The number of amides is 1. The first kappa shape index (κ1) is 19.2. The maximum atomic E-state index is 13.9. The van der Waals surface area contributed by atoms with Gasteiger partial charge in [0.1, 0.15) is 11.4 Å². The van der Waals surface area contributed by atoms with Crippen molar-refractivity contribution in [1.82, 2.24) is 19.9 Å². The van der Waals surface area contributed by atoms with Crippen molar-refractivity contribution in [2.45, 2.75) is 45.6 Å². The Morgan fingerprint density at radius 2 is 2.11 bits per heavy atom. The Kier molecular flexibility index (Phi) is 5.68. The predicted octanol–water partition coefficient (Wildman–Crippen LogP) is 3.87. The van der Waals surface area contributed by atoms with Crippen molar-refractivity contribution in [3.8, 4) is 11.3 Å². The van der Waals surface area contributed by atoms with Gasteiger partial charge in [0.05, 0.1) is 11.3 Å². The third kappa shape index (κ3) is 5.21. The fraction of sp³-hybridized carbons (Fsp3) is 0.500. The van der Waals surface area contributed by atoms with E-state index in [0.717, 1.165) is 12.8 Å². The number of likely N-dealkylation sites (tertiary alicyclic amines) is 1. The summed E-state index contributed by atoms with van der Waals surface area (Å²) in [7, 11) is 0. The quantitative estimate of drug-likeness (QED) is 0.765. The summed E-state index contributed by atoms with van der Waals surface area (Å²) in [4.78, 5) is 26.6. The van der Waals surface area contributed by atoms with E-state index in [1.165, 1.54) is 6.20 Å². The molecule has 3 heterocycles. The van der Waals surface area contributed by atoms with Gasteiger partial charge >= 0.3 is 6.09 Å². The van der Waals surface area contributed by atoms with Crippen molar-refractivity contribution in [3.05, 3.63) is 42.4 Å². The number of hydrogen-bond donors (Lipinski definition) is 0. The minimum absolute atomic E-state index is 0.250. The van der Waals surface area contributed by atoms with Gasteiger partial charge in [-0.3, -0.25) is 0 Å². The third-order valence-corrected chi connectivity index (χ3v) is 4.38. The number of aromatic nitrogens is 3. The molecule has 0 aliphatic carbocycles. The van der Waals surface area contributed by atoms with Gasteiger partial charge < -0.3 is 9.64 Å². The molecule has 0 saturated carbocycles. The maximum Gasteiger partial charge on any atom is 0.410 e. The smallest absolute Gasteiger partial charge is 0.410 e. The molecule has 1 aliphatic rings. The topological polar surface area (TPSA) is 68.2 Å². The van der Waals surface area contributed by atoms with Crippen LogP contribution in [0.2, 0.25) is 0 Å². The van der Waals surface area contributed by atoms with Crippen molar-refractivity contribution >= 4 is 6.09 Å². The lowest BCUT2D eigenvalue weighted by Crippen LogP contribution is -2.43. The molecule has 1 aliphatic heterocycles. The summed E-state index contributed by atoms with van der Waals surface area (Å²) < 4.78 is 19.4. The van der Waals surface area contributed by atoms with Gasteiger partial charge in [-0.2, -0.15) is 4.39 Å². The monoisotopic (exact) mass is 372 g/mol. The molecule has 27 heavy (non-hydrogen) atoms. The summed E-state index contributed by atoms with van der Waals surface area (Å²) in [6.45, 7) is 6.91. The van der Waals surface area contributed by atoms with E-state index in [1.54, 1.807) is 29.3 Å². The maximum absolute atomic E-state index is 13.9.